The second kappa shape index (κ2) is 7.78. The Balaban J connectivity index is 1.80. The number of nitrogen functional groups attached to an aromatic ring is 1. The lowest BCUT2D eigenvalue weighted by Crippen LogP contribution is -2.24. The van der Waals surface area contributed by atoms with Crippen LogP contribution in [0.5, 0.6) is 0 Å². The van der Waals surface area contributed by atoms with Crippen LogP contribution in [-0.4, -0.2) is 20.9 Å². The lowest BCUT2D eigenvalue weighted by Gasteiger charge is -2.23. The van der Waals surface area contributed by atoms with Crippen LogP contribution in [0.25, 0.3) is 0 Å². The highest BCUT2D eigenvalue weighted by Gasteiger charge is 2.25. The average Bonchev–Trinajstić information content (AvgIpc) is 2.61. The Morgan fingerprint density at radius 1 is 1.16 bits per heavy atom. The van der Waals surface area contributed by atoms with Crippen molar-refractivity contribution in [3.8, 4) is 0 Å². The van der Waals surface area contributed by atoms with Crippen LogP contribution in [0.3, 0.4) is 0 Å². The molecule has 0 amide bonds. The summed E-state index contributed by atoms with van der Waals surface area (Å²) in [4.78, 5) is 19.2. The molecule has 0 spiro atoms. The third-order valence-electron chi connectivity index (χ3n) is 4.33. The van der Waals surface area contributed by atoms with Crippen molar-refractivity contribution in [1.29, 1.82) is 0 Å². The minimum absolute atomic E-state index is 0.131. The van der Waals surface area contributed by atoms with Crippen molar-refractivity contribution < 1.29 is 4.92 Å². The van der Waals surface area contributed by atoms with Crippen LogP contribution in [0, 0.1) is 10.1 Å². The van der Waals surface area contributed by atoms with E-state index in [-0.39, 0.29) is 29.3 Å². The van der Waals surface area contributed by atoms with Crippen molar-refractivity contribution in [3.63, 3.8) is 0 Å². The van der Waals surface area contributed by atoms with Crippen molar-refractivity contribution >= 4 is 23.3 Å². The Labute approximate surface area is 146 Å². The largest absolute Gasteiger partial charge is 0.378 e. The summed E-state index contributed by atoms with van der Waals surface area (Å²) < 4.78 is 0. The SMILES string of the molecule is Nc1nc(NCc2ccccc2)nc(NC2CCCCC2)c1[N+](=O)[O-]. The zero-order chi connectivity index (χ0) is 17.6. The Bertz CT molecular complexity index is 731. The zero-order valence-corrected chi connectivity index (χ0v) is 13.9. The molecule has 0 radical (unpaired) electrons. The lowest BCUT2D eigenvalue weighted by molar-refractivity contribution is -0.383. The topological polar surface area (TPSA) is 119 Å². The van der Waals surface area contributed by atoms with E-state index in [4.69, 9.17) is 5.73 Å². The Kier molecular flexibility index (Phi) is 5.27. The molecule has 0 bridgehead atoms. The molecule has 2 aromatic rings. The van der Waals surface area contributed by atoms with E-state index >= 15 is 0 Å². The number of aromatic nitrogens is 2. The van der Waals surface area contributed by atoms with Gasteiger partial charge in [0.25, 0.3) is 0 Å². The summed E-state index contributed by atoms with van der Waals surface area (Å²) in [5, 5.41) is 17.6. The van der Waals surface area contributed by atoms with Gasteiger partial charge in [-0.2, -0.15) is 9.97 Å². The van der Waals surface area contributed by atoms with E-state index < -0.39 is 4.92 Å². The minimum atomic E-state index is -0.526. The Morgan fingerprint density at radius 3 is 2.56 bits per heavy atom. The van der Waals surface area contributed by atoms with Gasteiger partial charge in [0.2, 0.25) is 17.6 Å². The minimum Gasteiger partial charge on any atom is -0.378 e. The predicted molar refractivity (Wildman–Crippen MR) is 97.4 cm³/mol. The first-order valence-corrected chi connectivity index (χ1v) is 8.49. The van der Waals surface area contributed by atoms with Crippen LogP contribution in [0.1, 0.15) is 37.7 Å². The van der Waals surface area contributed by atoms with Gasteiger partial charge >= 0.3 is 5.69 Å². The highest BCUT2D eigenvalue weighted by molar-refractivity contribution is 5.70. The molecule has 0 atom stereocenters. The van der Waals surface area contributed by atoms with Crippen molar-refractivity contribution in [2.75, 3.05) is 16.4 Å². The maximum Gasteiger partial charge on any atom is 0.353 e. The molecular weight excluding hydrogens is 320 g/mol. The average molecular weight is 342 g/mol. The number of nitrogens with two attached hydrogens (primary N) is 1. The molecule has 25 heavy (non-hydrogen) atoms. The molecular formula is C17H22N6O2. The Morgan fingerprint density at radius 2 is 1.88 bits per heavy atom. The molecule has 0 aliphatic heterocycles. The molecule has 1 aliphatic carbocycles. The highest BCUT2D eigenvalue weighted by atomic mass is 16.6. The molecule has 0 saturated heterocycles. The summed E-state index contributed by atoms with van der Waals surface area (Å²) >= 11 is 0. The van der Waals surface area contributed by atoms with Gasteiger partial charge in [-0.15, -0.1) is 0 Å². The first-order valence-electron chi connectivity index (χ1n) is 8.49. The van der Waals surface area contributed by atoms with Gasteiger partial charge in [0.1, 0.15) is 0 Å². The monoisotopic (exact) mass is 342 g/mol. The fraction of sp³-hybridized carbons (Fsp3) is 0.412. The van der Waals surface area contributed by atoms with Crippen LogP contribution >= 0.6 is 0 Å². The van der Waals surface area contributed by atoms with E-state index in [0.29, 0.717) is 6.54 Å². The third kappa shape index (κ3) is 4.34. The van der Waals surface area contributed by atoms with E-state index in [2.05, 4.69) is 20.6 Å². The van der Waals surface area contributed by atoms with Crippen molar-refractivity contribution in [1.82, 2.24) is 9.97 Å². The van der Waals surface area contributed by atoms with E-state index in [1.807, 2.05) is 30.3 Å². The molecule has 8 nitrogen and oxygen atoms in total. The number of nitrogens with zero attached hydrogens (tertiary/aromatic N) is 3. The quantitative estimate of drug-likeness (QED) is 0.544. The standard InChI is InChI=1S/C17H22N6O2/c18-15-14(23(24)25)16(20-13-9-5-2-6-10-13)22-17(21-15)19-11-12-7-3-1-4-8-12/h1,3-4,7-8,13H,2,5-6,9-11H2,(H4,18,19,20,21,22). The third-order valence-corrected chi connectivity index (χ3v) is 4.33. The molecule has 0 unspecified atom stereocenters. The lowest BCUT2D eigenvalue weighted by atomic mass is 9.95. The maximum absolute atomic E-state index is 11.4. The van der Waals surface area contributed by atoms with Gasteiger partial charge in [0.05, 0.1) is 4.92 Å². The van der Waals surface area contributed by atoms with E-state index in [1.165, 1.54) is 6.42 Å². The number of rotatable bonds is 6. The van der Waals surface area contributed by atoms with Gasteiger partial charge in [-0.1, -0.05) is 49.6 Å². The summed E-state index contributed by atoms with van der Waals surface area (Å²) in [5.41, 5.74) is 6.63. The number of nitro groups is 1. The normalized spacial score (nSPS) is 14.9. The van der Waals surface area contributed by atoms with E-state index in [1.54, 1.807) is 0 Å². The smallest absolute Gasteiger partial charge is 0.353 e. The van der Waals surface area contributed by atoms with Crippen molar-refractivity contribution in [2.24, 2.45) is 0 Å². The first kappa shape index (κ1) is 16.9. The second-order valence-corrected chi connectivity index (χ2v) is 6.21. The number of hydrogen-bond acceptors (Lipinski definition) is 7. The molecule has 1 aliphatic rings. The summed E-state index contributed by atoms with van der Waals surface area (Å²) in [6.07, 6.45) is 5.40. The fourth-order valence-corrected chi connectivity index (χ4v) is 3.05. The molecule has 1 fully saturated rings. The zero-order valence-electron chi connectivity index (χ0n) is 13.9. The molecule has 3 rings (SSSR count). The van der Waals surface area contributed by atoms with Crippen LogP contribution in [0.4, 0.5) is 23.3 Å². The van der Waals surface area contributed by atoms with Crippen LogP contribution < -0.4 is 16.4 Å². The van der Waals surface area contributed by atoms with Crippen LogP contribution in [-0.2, 0) is 6.54 Å². The summed E-state index contributed by atoms with van der Waals surface area (Å²) in [7, 11) is 0. The molecule has 8 heteroatoms. The number of benzene rings is 1. The summed E-state index contributed by atoms with van der Waals surface area (Å²) in [5.74, 6) is 0.346. The van der Waals surface area contributed by atoms with Crippen molar-refractivity contribution in [3.05, 3.63) is 46.0 Å². The number of hydrogen-bond donors (Lipinski definition) is 3. The number of nitrogens with one attached hydrogen (secondary N) is 2. The second-order valence-electron chi connectivity index (χ2n) is 6.21. The van der Waals surface area contributed by atoms with Crippen molar-refractivity contribution in [2.45, 2.75) is 44.7 Å². The highest BCUT2D eigenvalue weighted by Crippen LogP contribution is 2.31. The molecule has 132 valence electrons. The number of anilines is 3. The summed E-state index contributed by atoms with van der Waals surface area (Å²) in [6, 6.07) is 9.96. The van der Waals surface area contributed by atoms with Gasteiger partial charge in [0.15, 0.2) is 0 Å². The van der Waals surface area contributed by atoms with Gasteiger partial charge in [0, 0.05) is 12.6 Å². The van der Waals surface area contributed by atoms with Gasteiger partial charge in [-0.05, 0) is 18.4 Å². The molecule has 1 heterocycles. The molecule has 1 saturated carbocycles. The molecule has 1 aromatic carbocycles. The van der Waals surface area contributed by atoms with Crippen LogP contribution in [0.15, 0.2) is 30.3 Å². The molecule has 4 N–H and O–H groups in total. The fourth-order valence-electron chi connectivity index (χ4n) is 3.05. The van der Waals surface area contributed by atoms with Gasteiger partial charge in [-0.3, -0.25) is 10.1 Å². The van der Waals surface area contributed by atoms with E-state index in [9.17, 15) is 10.1 Å². The maximum atomic E-state index is 11.4. The van der Waals surface area contributed by atoms with Gasteiger partial charge in [-0.25, -0.2) is 0 Å². The Hall–Kier alpha value is -2.90. The first-order chi connectivity index (χ1) is 12.1. The van der Waals surface area contributed by atoms with Crippen LogP contribution in [0.2, 0.25) is 0 Å². The molecule has 1 aromatic heterocycles. The predicted octanol–water partition coefficient (Wildman–Crippen LogP) is 3.32. The summed E-state index contributed by atoms with van der Waals surface area (Å²) in [6.45, 7) is 0.515. The van der Waals surface area contributed by atoms with E-state index in [0.717, 1.165) is 31.2 Å². The van der Waals surface area contributed by atoms with Gasteiger partial charge < -0.3 is 16.4 Å².